The molecule has 15 heteroatoms. The maximum Gasteiger partial charge on any atom is 0.421 e. The number of rotatable bonds is 11. The van der Waals surface area contributed by atoms with Crippen LogP contribution in [0, 0.1) is 0 Å². The fraction of sp³-hybridized carbons (Fsp3) is 0.304. The SMILES string of the molecule is O=CNOC(=O)c1ccsc1Nc1nc(Nc2ccc(OCCN3CCOCC3)cc2)ncc1C(F)(F)F. The Morgan fingerprint density at radius 2 is 1.92 bits per heavy atom. The van der Waals surface area contributed by atoms with Crippen LogP contribution in [0.3, 0.4) is 0 Å². The van der Waals surface area contributed by atoms with E-state index in [2.05, 4.69) is 30.3 Å². The molecular formula is C23H23F3N6O5S. The maximum absolute atomic E-state index is 13.6. The lowest BCUT2D eigenvalue weighted by Crippen LogP contribution is -2.38. The molecule has 0 aliphatic carbocycles. The zero-order valence-corrected chi connectivity index (χ0v) is 20.6. The van der Waals surface area contributed by atoms with Crippen LogP contribution in [0.15, 0.2) is 41.9 Å². The summed E-state index contributed by atoms with van der Waals surface area (Å²) in [5.74, 6) is -1.00. The van der Waals surface area contributed by atoms with Gasteiger partial charge in [0.15, 0.2) is 0 Å². The monoisotopic (exact) mass is 552 g/mol. The number of hydrogen-bond donors (Lipinski definition) is 3. The summed E-state index contributed by atoms with van der Waals surface area (Å²) in [5, 5.41) is 6.90. The number of benzene rings is 1. The lowest BCUT2D eigenvalue weighted by atomic mass is 10.2. The van der Waals surface area contributed by atoms with Gasteiger partial charge in [0.05, 0.1) is 18.8 Å². The molecule has 1 fully saturated rings. The van der Waals surface area contributed by atoms with Gasteiger partial charge in [-0.25, -0.2) is 9.78 Å². The summed E-state index contributed by atoms with van der Waals surface area (Å²) in [6.45, 7) is 4.44. The first-order valence-corrected chi connectivity index (χ1v) is 12.2. The van der Waals surface area contributed by atoms with Gasteiger partial charge in [-0.1, -0.05) is 0 Å². The minimum atomic E-state index is -4.77. The molecule has 11 nitrogen and oxygen atoms in total. The first kappa shape index (κ1) is 27.1. The van der Waals surface area contributed by atoms with Crippen molar-refractivity contribution in [2.75, 3.05) is 50.1 Å². The number of amides is 1. The van der Waals surface area contributed by atoms with Crippen LogP contribution in [-0.2, 0) is 20.5 Å². The van der Waals surface area contributed by atoms with Crippen molar-refractivity contribution in [3.63, 3.8) is 0 Å². The lowest BCUT2D eigenvalue weighted by Gasteiger charge is -2.26. The number of alkyl halides is 3. The maximum atomic E-state index is 13.6. The van der Waals surface area contributed by atoms with Crippen molar-refractivity contribution in [2.24, 2.45) is 0 Å². The number of morpholine rings is 1. The number of hydrogen-bond acceptors (Lipinski definition) is 11. The first-order chi connectivity index (χ1) is 18.3. The third kappa shape index (κ3) is 7.30. The highest BCUT2D eigenvalue weighted by Crippen LogP contribution is 2.37. The number of carbonyl (C=O) groups is 2. The zero-order chi connectivity index (χ0) is 27.0. The number of nitrogens with zero attached hydrogens (tertiary/aromatic N) is 3. The summed E-state index contributed by atoms with van der Waals surface area (Å²) >= 11 is 0.953. The Kier molecular flexibility index (Phi) is 8.93. The standard InChI is InChI=1S/C23H23F3N6O5S/c24-23(25,26)18-13-27-22(31-19(18)30-20-17(5-12-38-20)21(34)37-28-14-33)29-15-1-3-16(4-2-15)36-11-8-32-6-9-35-10-7-32/h1-5,12-14H,6-11H2,(H,28,33)(H2,27,29,30,31). The average molecular weight is 553 g/mol. The smallest absolute Gasteiger partial charge is 0.421 e. The van der Waals surface area contributed by atoms with Crippen LogP contribution in [0.5, 0.6) is 5.75 Å². The molecule has 1 saturated heterocycles. The van der Waals surface area contributed by atoms with Crippen LogP contribution in [0.4, 0.5) is 35.6 Å². The van der Waals surface area contributed by atoms with Crippen LogP contribution < -0.4 is 20.9 Å². The van der Waals surface area contributed by atoms with Crippen molar-refractivity contribution in [3.05, 3.63) is 53.0 Å². The Labute approximate surface area is 218 Å². The van der Waals surface area contributed by atoms with Gasteiger partial charge in [-0.3, -0.25) is 9.69 Å². The van der Waals surface area contributed by atoms with E-state index >= 15 is 0 Å². The fourth-order valence-corrected chi connectivity index (χ4v) is 4.21. The summed E-state index contributed by atoms with van der Waals surface area (Å²) in [6, 6.07) is 8.15. The van der Waals surface area contributed by atoms with E-state index in [9.17, 15) is 22.8 Å². The number of thiophene rings is 1. The Hall–Kier alpha value is -3.95. The molecule has 1 amide bonds. The predicted molar refractivity (Wildman–Crippen MR) is 132 cm³/mol. The van der Waals surface area contributed by atoms with Crippen molar-refractivity contribution in [1.82, 2.24) is 20.3 Å². The highest BCUT2D eigenvalue weighted by Gasteiger charge is 2.36. The third-order valence-corrected chi connectivity index (χ3v) is 6.13. The highest BCUT2D eigenvalue weighted by atomic mass is 32.1. The summed E-state index contributed by atoms with van der Waals surface area (Å²) in [7, 11) is 0. The van der Waals surface area contributed by atoms with E-state index in [-0.39, 0.29) is 22.9 Å². The van der Waals surface area contributed by atoms with E-state index in [4.69, 9.17) is 9.47 Å². The van der Waals surface area contributed by atoms with E-state index in [0.717, 1.165) is 31.0 Å². The van der Waals surface area contributed by atoms with Gasteiger partial charge in [-0.15, -0.1) is 11.3 Å². The molecule has 0 unspecified atom stereocenters. The van der Waals surface area contributed by atoms with Gasteiger partial charge >= 0.3 is 12.1 Å². The largest absolute Gasteiger partial charge is 0.492 e. The average Bonchev–Trinajstić information content (AvgIpc) is 3.36. The number of hydroxylamine groups is 1. The van der Waals surface area contributed by atoms with Crippen molar-refractivity contribution in [2.45, 2.75) is 6.18 Å². The van der Waals surface area contributed by atoms with Crippen molar-refractivity contribution < 1.29 is 37.1 Å². The molecule has 1 aliphatic rings. The van der Waals surface area contributed by atoms with E-state index < -0.39 is 23.5 Å². The molecule has 1 aromatic carbocycles. The minimum absolute atomic E-state index is 0.0384. The molecule has 0 saturated carbocycles. The topological polar surface area (TPSA) is 127 Å². The van der Waals surface area contributed by atoms with Gasteiger partial charge in [-0.2, -0.15) is 23.6 Å². The lowest BCUT2D eigenvalue weighted by molar-refractivity contribution is -0.137. The number of anilines is 4. The Morgan fingerprint density at radius 3 is 2.63 bits per heavy atom. The van der Waals surface area contributed by atoms with Crippen LogP contribution in [0.2, 0.25) is 0 Å². The van der Waals surface area contributed by atoms with Gasteiger partial charge in [0.2, 0.25) is 12.4 Å². The summed E-state index contributed by atoms with van der Waals surface area (Å²) in [6.07, 6.45) is -3.98. The number of carbonyl (C=O) groups excluding carboxylic acids is 2. The Balaban J connectivity index is 1.44. The number of aromatic nitrogens is 2. The van der Waals surface area contributed by atoms with Crippen LogP contribution >= 0.6 is 11.3 Å². The number of nitrogens with one attached hydrogen (secondary N) is 3. The van der Waals surface area contributed by atoms with Gasteiger partial charge in [0.25, 0.3) is 0 Å². The molecule has 0 atom stereocenters. The highest BCUT2D eigenvalue weighted by molar-refractivity contribution is 7.14. The van der Waals surface area contributed by atoms with Crippen LogP contribution in [0.25, 0.3) is 0 Å². The second kappa shape index (κ2) is 12.5. The molecule has 3 aromatic rings. The van der Waals surface area contributed by atoms with Gasteiger partial charge in [-0.05, 0) is 35.7 Å². The molecule has 0 radical (unpaired) electrons. The van der Waals surface area contributed by atoms with E-state index in [1.54, 1.807) is 29.7 Å². The molecule has 38 heavy (non-hydrogen) atoms. The second-order valence-electron chi connectivity index (χ2n) is 7.82. The summed E-state index contributed by atoms with van der Waals surface area (Å²) in [4.78, 5) is 37.0. The minimum Gasteiger partial charge on any atom is -0.492 e. The molecular weight excluding hydrogens is 529 g/mol. The zero-order valence-electron chi connectivity index (χ0n) is 19.8. The Morgan fingerprint density at radius 1 is 1.16 bits per heavy atom. The molecule has 202 valence electrons. The van der Waals surface area contributed by atoms with Crippen molar-refractivity contribution >= 4 is 46.2 Å². The molecule has 1 aliphatic heterocycles. The normalized spacial score (nSPS) is 14.0. The van der Waals surface area contributed by atoms with Crippen molar-refractivity contribution in [1.29, 1.82) is 0 Å². The molecule has 0 bridgehead atoms. The third-order valence-electron chi connectivity index (χ3n) is 5.30. The van der Waals surface area contributed by atoms with E-state index in [1.807, 2.05) is 0 Å². The van der Waals surface area contributed by atoms with Crippen LogP contribution in [0.1, 0.15) is 15.9 Å². The summed E-state index contributed by atoms with van der Waals surface area (Å²) < 4.78 is 52.0. The van der Waals surface area contributed by atoms with Gasteiger partial charge in [0, 0.05) is 31.5 Å². The molecule has 0 spiro atoms. The molecule has 3 heterocycles. The fourth-order valence-electron chi connectivity index (χ4n) is 3.43. The Bertz CT molecular complexity index is 1240. The number of halogens is 3. The molecule has 2 aromatic heterocycles. The van der Waals surface area contributed by atoms with Crippen LogP contribution in [-0.4, -0.2) is 66.7 Å². The van der Waals surface area contributed by atoms with E-state index in [1.165, 1.54) is 11.4 Å². The predicted octanol–water partition coefficient (Wildman–Crippen LogP) is 3.57. The second-order valence-corrected chi connectivity index (χ2v) is 8.74. The van der Waals surface area contributed by atoms with Crippen molar-refractivity contribution in [3.8, 4) is 5.75 Å². The van der Waals surface area contributed by atoms with E-state index in [0.29, 0.717) is 37.5 Å². The summed E-state index contributed by atoms with van der Waals surface area (Å²) in [5.41, 5.74) is 1.05. The van der Waals surface area contributed by atoms with Gasteiger partial charge in [0.1, 0.15) is 28.7 Å². The molecule has 4 rings (SSSR count). The molecule has 3 N–H and O–H groups in total. The van der Waals surface area contributed by atoms with Gasteiger partial charge < -0.3 is 24.9 Å². The quantitative estimate of drug-likeness (QED) is 0.240. The number of ether oxygens (including phenoxy) is 2. The first-order valence-electron chi connectivity index (χ1n) is 11.3.